The molecule has 2 N–H and O–H groups in total. The molecule has 1 aliphatic carbocycles. The zero-order valence-corrected chi connectivity index (χ0v) is 15.7. The number of hydrogen-bond donors (Lipinski definition) is 2. The highest BCUT2D eigenvalue weighted by atomic mass is 32.2. The summed E-state index contributed by atoms with van der Waals surface area (Å²) in [5, 5.41) is 4.32. The fraction of sp³-hybridized carbons (Fsp3) is 0.350. The van der Waals surface area contributed by atoms with Crippen LogP contribution in [0.25, 0.3) is 10.9 Å². The minimum atomic E-state index is 0.0866. The second-order valence-electron chi connectivity index (χ2n) is 6.69. The van der Waals surface area contributed by atoms with Crippen molar-refractivity contribution in [2.75, 3.05) is 5.75 Å². The first-order chi connectivity index (χ1) is 13.3. The maximum absolute atomic E-state index is 12.3. The Morgan fingerprint density at radius 3 is 2.89 bits per heavy atom. The zero-order chi connectivity index (χ0) is 18.5. The van der Waals surface area contributed by atoms with Gasteiger partial charge >= 0.3 is 0 Å². The molecule has 4 rings (SSSR count). The van der Waals surface area contributed by atoms with Gasteiger partial charge in [-0.05, 0) is 31.7 Å². The highest BCUT2D eigenvalue weighted by Crippen LogP contribution is 2.28. The molecule has 27 heavy (non-hydrogen) atoms. The van der Waals surface area contributed by atoms with Crippen LogP contribution in [-0.4, -0.2) is 38.8 Å². The maximum atomic E-state index is 12.3. The molecule has 0 spiro atoms. The molecule has 0 bridgehead atoms. The summed E-state index contributed by atoms with van der Waals surface area (Å²) in [6, 6.07) is 8.36. The van der Waals surface area contributed by atoms with E-state index in [1.807, 2.05) is 24.4 Å². The van der Waals surface area contributed by atoms with Crippen molar-refractivity contribution >= 4 is 28.6 Å². The van der Waals surface area contributed by atoms with Crippen molar-refractivity contribution in [3.05, 3.63) is 49.1 Å². The van der Waals surface area contributed by atoms with Crippen LogP contribution in [0.15, 0.2) is 53.9 Å². The molecule has 3 aromatic rings. The minimum absolute atomic E-state index is 0.0866. The fourth-order valence-corrected chi connectivity index (χ4v) is 4.26. The van der Waals surface area contributed by atoms with E-state index in [1.54, 1.807) is 30.4 Å². The van der Waals surface area contributed by atoms with Crippen molar-refractivity contribution in [3.63, 3.8) is 0 Å². The van der Waals surface area contributed by atoms with Gasteiger partial charge in [0.1, 0.15) is 6.10 Å². The molecule has 2 heterocycles. The van der Waals surface area contributed by atoms with Crippen LogP contribution in [0.4, 0.5) is 0 Å². The number of benzene rings is 1. The molecule has 0 unspecified atom stereocenters. The third-order valence-corrected chi connectivity index (χ3v) is 5.83. The van der Waals surface area contributed by atoms with Gasteiger partial charge in [-0.1, -0.05) is 18.2 Å². The number of rotatable bonds is 6. The average Bonchev–Trinajstić information content (AvgIpc) is 3.12. The average molecular weight is 382 g/mol. The predicted octanol–water partition coefficient (Wildman–Crippen LogP) is 3.56. The number of aromatic nitrogens is 3. The van der Waals surface area contributed by atoms with Crippen LogP contribution in [0.3, 0.4) is 0 Å². The fourth-order valence-electron chi connectivity index (χ4n) is 3.42. The van der Waals surface area contributed by atoms with Gasteiger partial charge in [-0.3, -0.25) is 9.78 Å². The molecule has 1 aliphatic rings. The molecule has 7 heteroatoms. The Morgan fingerprint density at radius 2 is 2.07 bits per heavy atom. The molecule has 6 nitrogen and oxygen atoms in total. The van der Waals surface area contributed by atoms with Gasteiger partial charge in [0, 0.05) is 40.4 Å². The third kappa shape index (κ3) is 4.60. The summed E-state index contributed by atoms with van der Waals surface area (Å²) in [5.41, 5.74) is 1.10. The number of nitrogens with one attached hydrogen (secondary N) is 2. The molecule has 0 radical (unpaired) electrons. The SMILES string of the molecule is O=C(CSc1c[nH]c2ccccc12)NC1CCC(Oc2cnccn2)CC1. The highest BCUT2D eigenvalue weighted by molar-refractivity contribution is 8.00. The van der Waals surface area contributed by atoms with Crippen molar-refractivity contribution in [1.29, 1.82) is 0 Å². The van der Waals surface area contributed by atoms with Gasteiger partial charge in [0.15, 0.2) is 0 Å². The molecular formula is C20H22N4O2S. The summed E-state index contributed by atoms with van der Waals surface area (Å²) in [7, 11) is 0. The molecule has 0 atom stereocenters. The molecule has 2 aromatic heterocycles. The van der Waals surface area contributed by atoms with Crippen LogP contribution >= 0.6 is 11.8 Å². The molecule has 0 aliphatic heterocycles. The second kappa shape index (κ2) is 8.43. The number of amides is 1. The molecule has 140 valence electrons. The molecule has 0 saturated heterocycles. The van der Waals surface area contributed by atoms with Gasteiger partial charge in [0.25, 0.3) is 0 Å². The lowest BCUT2D eigenvalue weighted by atomic mass is 9.93. The first kappa shape index (κ1) is 17.9. The van der Waals surface area contributed by atoms with Crippen molar-refractivity contribution in [3.8, 4) is 5.88 Å². The number of aromatic amines is 1. The molecule has 1 fully saturated rings. The van der Waals surface area contributed by atoms with E-state index in [0.29, 0.717) is 11.6 Å². The lowest BCUT2D eigenvalue weighted by Crippen LogP contribution is -2.40. The summed E-state index contributed by atoms with van der Waals surface area (Å²) in [4.78, 5) is 24.8. The maximum Gasteiger partial charge on any atom is 0.232 e. The van der Waals surface area contributed by atoms with E-state index in [9.17, 15) is 4.79 Å². The smallest absolute Gasteiger partial charge is 0.232 e. The summed E-state index contributed by atoms with van der Waals surface area (Å²) in [6.45, 7) is 0. The first-order valence-electron chi connectivity index (χ1n) is 9.19. The van der Waals surface area contributed by atoms with Crippen LogP contribution in [0.1, 0.15) is 25.7 Å². The molecule has 1 saturated carbocycles. The Hall–Kier alpha value is -2.54. The number of H-pyrrole nitrogens is 1. The molecule has 1 aromatic carbocycles. The topological polar surface area (TPSA) is 79.9 Å². The predicted molar refractivity (Wildman–Crippen MR) is 106 cm³/mol. The summed E-state index contributed by atoms with van der Waals surface area (Å²) >= 11 is 1.57. The van der Waals surface area contributed by atoms with Crippen LogP contribution < -0.4 is 10.1 Å². The van der Waals surface area contributed by atoms with Crippen LogP contribution in [-0.2, 0) is 4.79 Å². The number of fused-ring (bicyclic) bond motifs is 1. The Bertz CT molecular complexity index is 891. The van der Waals surface area contributed by atoms with Crippen LogP contribution in [0, 0.1) is 0 Å². The third-order valence-electron chi connectivity index (χ3n) is 4.78. The van der Waals surface area contributed by atoms with Crippen molar-refractivity contribution in [2.45, 2.75) is 42.7 Å². The molecular weight excluding hydrogens is 360 g/mol. The Balaban J connectivity index is 1.21. The van der Waals surface area contributed by atoms with Crippen LogP contribution in [0.2, 0.25) is 0 Å². The van der Waals surface area contributed by atoms with E-state index in [1.165, 1.54) is 0 Å². The Morgan fingerprint density at radius 1 is 1.22 bits per heavy atom. The van der Waals surface area contributed by atoms with Gasteiger partial charge in [-0.2, -0.15) is 0 Å². The summed E-state index contributed by atoms with van der Waals surface area (Å²) < 4.78 is 5.85. The summed E-state index contributed by atoms with van der Waals surface area (Å²) in [5.74, 6) is 1.08. The van der Waals surface area contributed by atoms with Gasteiger partial charge in [-0.15, -0.1) is 11.8 Å². The summed E-state index contributed by atoms with van der Waals surface area (Å²) in [6.07, 6.45) is 10.7. The highest BCUT2D eigenvalue weighted by Gasteiger charge is 2.24. The van der Waals surface area contributed by atoms with E-state index in [4.69, 9.17) is 4.74 Å². The normalized spacial score (nSPS) is 19.7. The van der Waals surface area contributed by atoms with E-state index in [2.05, 4.69) is 26.3 Å². The van der Waals surface area contributed by atoms with Crippen LogP contribution in [0.5, 0.6) is 5.88 Å². The van der Waals surface area contributed by atoms with Crippen molar-refractivity contribution in [2.24, 2.45) is 0 Å². The number of ether oxygens (including phenoxy) is 1. The lowest BCUT2D eigenvalue weighted by molar-refractivity contribution is -0.119. The lowest BCUT2D eigenvalue weighted by Gasteiger charge is -2.29. The quantitative estimate of drug-likeness (QED) is 0.637. The van der Waals surface area contributed by atoms with Crippen molar-refractivity contribution < 1.29 is 9.53 Å². The first-order valence-corrected chi connectivity index (χ1v) is 10.2. The largest absolute Gasteiger partial charge is 0.473 e. The standard InChI is InChI=1S/C20H22N4O2S/c25-19(13-27-18-11-23-17-4-2-1-3-16(17)18)24-14-5-7-15(8-6-14)26-20-12-21-9-10-22-20/h1-4,9-12,14-15,23H,5-8,13H2,(H,24,25). The number of para-hydroxylation sites is 1. The van der Waals surface area contributed by atoms with Crippen molar-refractivity contribution in [1.82, 2.24) is 20.3 Å². The Labute approximate surface area is 162 Å². The monoisotopic (exact) mass is 382 g/mol. The van der Waals surface area contributed by atoms with Gasteiger partial charge in [0.05, 0.1) is 11.9 Å². The van der Waals surface area contributed by atoms with Gasteiger partial charge in [-0.25, -0.2) is 4.98 Å². The number of thioether (sulfide) groups is 1. The van der Waals surface area contributed by atoms with E-state index < -0.39 is 0 Å². The molecule has 1 amide bonds. The number of hydrogen-bond acceptors (Lipinski definition) is 5. The second-order valence-corrected chi connectivity index (χ2v) is 7.71. The van der Waals surface area contributed by atoms with E-state index in [0.717, 1.165) is 41.5 Å². The van der Waals surface area contributed by atoms with E-state index in [-0.39, 0.29) is 18.1 Å². The van der Waals surface area contributed by atoms with E-state index >= 15 is 0 Å². The Kier molecular flexibility index (Phi) is 5.58. The number of carbonyl (C=O) groups is 1. The number of nitrogens with zero attached hydrogens (tertiary/aromatic N) is 2. The van der Waals surface area contributed by atoms with Gasteiger partial charge < -0.3 is 15.0 Å². The minimum Gasteiger partial charge on any atom is -0.473 e. The number of carbonyl (C=O) groups excluding carboxylic acids is 1. The zero-order valence-electron chi connectivity index (χ0n) is 14.9. The van der Waals surface area contributed by atoms with Gasteiger partial charge in [0.2, 0.25) is 11.8 Å².